The van der Waals surface area contributed by atoms with Gasteiger partial charge in [0, 0.05) is 12.5 Å². The summed E-state index contributed by atoms with van der Waals surface area (Å²) in [5.41, 5.74) is 3.10. The van der Waals surface area contributed by atoms with Crippen LogP contribution in [0, 0.1) is 13.8 Å². The molecule has 0 saturated carbocycles. The quantitative estimate of drug-likeness (QED) is 0.0999. The first-order chi connectivity index (χ1) is 20.6. The number of thiazole rings is 1. The number of ether oxygens (including phenoxy) is 2. The summed E-state index contributed by atoms with van der Waals surface area (Å²) >= 11 is 0.993. The molecular weight excluding hydrogens is 568 g/mol. The molecule has 1 aromatic heterocycles. The predicted octanol–water partition coefficient (Wildman–Crippen LogP) is 6.27. The molecule has 10 heteroatoms. The van der Waals surface area contributed by atoms with Crippen molar-refractivity contribution in [3.63, 3.8) is 0 Å². The van der Waals surface area contributed by atoms with Crippen LogP contribution in [0.1, 0.15) is 57.5 Å². The first kappa shape index (κ1) is 29.5. The number of nitrogens with zero attached hydrogens (tertiary/aromatic N) is 2. The van der Waals surface area contributed by atoms with Crippen LogP contribution in [0.15, 0.2) is 72.3 Å². The van der Waals surface area contributed by atoms with Crippen molar-refractivity contribution in [1.82, 2.24) is 4.98 Å². The lowest BCUT2D eigenvalue weighted by Crippen LogP contribution is -2.29. The van der Waals surface area contributed by atoms with Crippen molar-refractivity contribution in [3.8, 4) is 17.2 Å². The Morgan fingerprint density at radius 2 is 1.77 bits per heavy atom. The van der Waals surface area contributed by atoms with E-state index >= 15 is 0 Å². The maximum absolute atomic E-state index is 13.5. The average molecular weight is 599 g/mol. The van der Waals surface area contributed by atoms with Crippen LogP contribution in [0.5, 0.6) is 17.2 Å². The van der Waals surface area contributed by atoms with Crippen LogP contribution in [0.25, 0.3) is 5.76 Å². The van der Waals surface area contributed by atoms with Gasteiger partial charge in [0.1, 0.15) is 18.1 Å². The fourth-order valence-electron chi connectivity index (χ4n) is 4.96. The number of benzene rings is 3. The molecule has 1 amide bonds. The number of hydrogen-bond acceptors (Lipinski definition) is 9. The Hall–Kier alpha value is -4.96. The van der Waals surface area contributed by atoms with Gasteiger partial charge in [0.15, 0.2) is 22.4 Å². The van der Waals surface area contributed by atoms with Crippen LogP contribution in [0.2, 0.25) is 0 Å². The maximum atomic E-state index is 13.5. The van der Waals surface area contributed by atoms with Crippen LogP contribution in [0.4, 0.5) is 5.13 Å². The number of hydrogen-bond donors (Lipinski definition) is 2. The van der Waals surface area contributed by atoms with Gasteiger partial charge in [-0.3, -0.25) is 19.3 Å². The maximum Gasteiger partial charge on any atom is 0.301 e. The zero-order chi connectivity index (χ0) is 30.8. The van der Waals surface area contributed by atoms with E-state index in [9.17, 15) is 24.6 Å². The minimum atomic E-state index is -1.11. The van der Waals surface area contributed by atoms with Crippen LogP contribution in [-0.4, -0.2) is 39.3 Å². The van der Waals surface area contributed by atoms with E-state index in [0.29, 0.717) is 34.1 Å². The largest absolute Gasteiger partial charge is 0.507 e. The summed E-state index contributed by atoms with van der Waals surface area (Å²) in [7, 11) is 0. The van der Waals surface area contributed by atoms with E-state index in [2.05, 4.69) is 4.98 Å². The van der Waals surface area contributed by atoms with Gasteiger partial charge in [0.25, 0.3) is 5.78 Å². The Morgan fingerprint density at radius 3 is 2.42 bits per heavy atom. The third-order valence-corrected chi connectivity index (χ3v) is 8.23. The van der Waals surface area contributed by atoms with Gasteiger partial charge in [-0.05, 0) is 68.3 Å². The SMILES string of the molecule is CCOc1cc(C2/C(=C(\O)c3ccc(OCc4cccc(C)c4)cc3)C(=O)C(=O)N2c2nc(C)c(C(C)=O)s2)ccc1O. The van der Waals surface area contributed by atoms with Gasteiger partial charge in [0.05, 0.1) is 28.8 Å². The first-order valence-corrected chi connectivity index (χ1v) is 14.4. The lowest BCUT2D eigenvalue weighted by Gasteiger charge is -2.23. The number of aliphatic hydroxyl groups is 1. The molecule has 5 rings (SSSR count). The van der Waals surface area contributed by atoms with Gasteiger partial charge < -0.3 is 19.7 Å². The number of amides is 1. The molecule has 1 fully saturated rings. The van der Waals surface area contributed by atoms with Crippen molar-refractivity contribution in [2.24, 2.45) is 0 Å². The molecule has 2 heterocycles. The highest BCUT2D eigenvalue weighted by atomic mass is 32.1. The van der Waals surface area contributed by atoms with Crippen LogP contribution < -0.4 is 14.4 Å². The second kappa shape index (κ2) is 12.1. The van der Waals surface area contributed by atoms with Gasteiger partial charge in [-0.1, -0.05) is 47.2 Å². The number of ketones is 2. The Labute approximate surface area is 252 Å². The van der Waals surface area contributed by atoms with Gasteiger partial charge in [-0.25, -0.2) is 4.98 Å². The number of Topliss-reactive ketones (excluding diaryl/α,β-unsaturated/α-hetero) is 2. The highest BCUT2D eigenvalue weighted by Gasteiger charge is 2.48. The van der Waals surface area contributed by atoms with Crippen molar-refractivity contribution < 1.29 is 34.1 Å². The Bertz CT molecular complexity index is 1760. The Kier molecular flexibility index (Phi) is 8.31. The minimum absolute atomic E-state index is 0.118. The molecule has 9 nitrogen and oxygen atoms in total. The standard InChI is InChI=1S/C33H30N2O7S/c1-5-41-26-16-23(11-14-25(26)37)28-27(30(39)32(40)35(28)33-34-19(3)31(43-33)20(4)36)29(38)22-9-12-24(13-10-22)42-17-21-8-6-7-18(2)15-21/h6-16,28,37-38H,5,17H2,1-4H3/b29-27+. The summed E-state index contributed by atoms with van der Waals surface area (Å²) in [5, 5.41) is 21.9. The first-order valence-electron chi connectivity index (χ1n) is 13.6. The molecular formula is C33H30N2O7S. The predicted molar refractivity (Wildman–Crippen MR) is 163 cm³/mol. The van der Waals surface area contributed by atoms with E-state index in [-0.39, 0.29) is 40.4 Å². The number of phenolic OH excluding ortho intramolecular Hbond substituents is 1. The molecule has 1 aliphatic heterocycles. The van der Waals surface area contributed by atoms with Crippen molar-refractivity contribution in [3.05, 3.63) is 105 Å². The smallest absolute Gasteiger partial charge is 0.301 e. The highest BCUT2D eigenvalue weighted by Crippen LogP contribution is 2.45. The number of carbonyl (C=O) groups excluding carboxylic acids is 3. The monoisotopic (exact) mass is 598 g/mol. The van der Waals surface area contributed by atoms with E-state index in [1.54, 1.807) is 44.2 Å². The Morgan fingerprint density at radius 1 is 1.02 bits per heavy atom. The number of carbonyl (C=O) groups is 3. The fraction of sp³-hybridized carbons (Fsp3) is 0.212. The van der Waals surface area contributed by atoms with E-state index in [1.807, 2.05) is 31.2 Å². The van der Waals surface area contributed by atoms with Gasteiger partial charge in [-0.15, -0.1) is 0 Å². The number of aliphatic hydroxyl groups excluding tert-OH is 1. The van der Waals surface area contributed by atoms with Crippen LogP contribution in [-0.2, 0) is 16.2 Å². The van der Waals surface area contributed by atoms with Crippen molar-refractivity contribution in [2.45, 2.75) is 40.3 Å². The number of rotatable bonds is 9. The van der Waals surface area contributed by atoms with Gasteiger partial charge in [-0.2, -0.15) is 0 Å². The summed E-state index contributed by atoms with van der Waals surface area (Å²) in [6.45, 7) is 7.44. The molecule has 1 saturated heterocycles. The minimum Gasteiger partial charge on any atom is -0.507 e. The molecule has 0 radical (unpaired) electrons. The van der Waals surface area contributed by atoms with E-state index in [0.717, 1.165) is 22.5 Å². The summed E-state index contributed by atoms with van der Waals surface area (Å²) in [5.74, 6) is -1.83. The molecule has 0 bridgehead atoms. The molecule has 1 unspecified atom stereocenters. The average Bonchev–Trinajstić information content (AvgIpc) is 3.49. The molecule has 0 aliphatic carbocycles. The molecule has 4 aromatic rings. The van der Waals surface area contributed by atoms with Crippen molar-refractivity contribution in [2.75, 3.05) is 11.5 Å². The molecule has 220 valence electrons. The fourth-order valence-corrected chi connectivity index (χ4v) is 5.95. The van der Waals surface area contributed by atoms with Crippen LogP contribution in [0.3, 0.4) is 0 Å². The normalized spacial score (nSPS) is 16.0. The molecule has 2 N–H and O–H groups in total. The molecule has 1 atom stereocenters. The highest BCUT2D eigenvalue weighted by molar-refractivity contribution is 7.18. The summed E-state index contributed by atoms with van der Waals surface area (Å²) in [4.78, 5) is 45.2. The van der Waals surface area contributed by atoms with Crippen LogP contribution >= 0.6 is 11.3 Å². The topological polar surface area (TPSA) is 126 Å². The van der Waals surface area contributed by atoms with E-state index in [4.69, 9.17) is 9.47 Å². The summed E-state index contributed by atoms with van der Waals surface area (Å²) in [6, 6.07) is 17.9. The number of aryl methyl sites for hydroxylation is 2. The van der Waals surface area contributed by atoms with Gasteiger partial charge in [0.2, 0.25) is 0 Å². The Balaban J connectivity index is 1.56. The summed E-state index contributed by atoms with van der Waals surface area (Å²) in [6.07, 6.45) is 0. The summed E-state index contributed by atoms with van der Waals surface area (Å²) < 4.78 is 11.4. The van der Waals surface area contributed by atoms with E-state index in [1.165, 1.54) is 24.0 Å². The zero-order valence-electron chi connectivity index (χ0n) is 24.1. The van der Waals surface area contributed by atoms with E-state index < -0.39 is 17.7 Å². The number of aromatic hydroxyl groups is 1. The molecule has 0 spiro atoms. The third-order valence-electron chi connectivity index (χ3n) is 6.97. The van der Waals surface area contributed by atoms with Crippen molar-refractivity contribution in [1.29, 1.82) is 0 Å². The third kappa shape index (κ3) is 5.87. The zero-order valence-corrected chi connectivity index (χ0v) is 24.9. The molecule has 3 aromatic carbocycles. The number of anilines is 1. The molecule has 1 aliphatic rings. The van der Waals surface area contributed by atoms with Gasteiger partial charge >= 0.3 is 5.91 Å². The second-order valence-electron chi connectivity index (χ2n) is 10.1. The van der Waals surface area contributed by atoms with Crippen molar-refractivity contribution >= 4 is 39.7 Å². The second-order valence-corrected chi connectivity index (χ2v) is 11.1. The number of aromatic nitrogens is 1. The lowest BCUT2D eigenvalue weighted by atomic mass is 9.95. The lowest BCUT2D eigenvalue weighted by molar-refractivity contribution is -0.132. The molecule has 43 heavy (non-hydrogen) atoms. The number of phenols is 1.